The summed E-state index contributed by atoms with van der Waals surface area (Å²) >= 11 is 0. The predicted octanol–water partition coefficient (Wildman–Crippen LogP) is 2.70. The number of hydrogen-bond donors (Lipinski definition) is 1. The highest BCUT2D eigenvalue weighted by molar-refractivity contribution is 5.58. The molecule has 0 amide bonds. The van der Waals surface area contributed by atoms with Gasteiger partial charge in [-0.3, -0.25) is 0 Å². The zero-order chi connectivity index (χ0) is 13.2. The van der Waals surface area contributed by atoms with Gasteiger partial charge in [0.15, 0.2) is 0 Å². The molecule has 0 spiro atoms. The number of nitrogens with one attached hydrogen (secondary N) is 1. The minimum atomic E-state index is -0.180. The average Bonchev–Trinajstić information content (AvgIpc) is 2.98. The van der Waals surface area contributed by atoms with Crippen LogP contribution in [0.5, 0.6) is 0 Å². The Hall–Kier alpha value is -1.81. The van der Waals surface area contributed by atoms with Crippen LogP contribution in [0.1, 0.15) is 16.9 Å². The highest BCUT2D eigenvalue weighted by Gasteiger charge is 2.20. The summed E-state index contributed by atoms with van der Waals surface area (Å²) in [6.45, 7) is 2.41. The van der Waals surface area contributed by atoms with E-state index in [-0.39, 0.29) is 5.82 Å². The fourth-order valence-electron chi connectivity index (χ4n) is 2.58. The number of furan rings is 1. The van der Waals surface area contributed by atoms with Crippen LogP contribution < -0.4 is 10.2 Å². The number of nitrogens with zero attached hydrogens (tertiary/aromatic N) is 1. The smallest absolute Gasteiger partial charge is 0.125 e. The third kappa shape index (κ3) is 2.49. The third-order valence-electron chi connectivity index (χ3n) is 3.47. The van der Waals surface area contributed by atoms with Crippen LogP contribution in [0.2, 0.25) is 0 Å². The van der Waals surface area contributed by atoms with E-state index in [1.54, 1.807) is 12.3 Å². The lowest BCUT2D eigenvalue weighted by atomic mass is 10.2. The first-order valence-corrected chi connectivity index (χ1v) is 6.50. The van der Waals surface area contributed by atoms with Gasteiger partial charge in [-0.25, -0.2) is 4.39 Å². The molecule has 0 unspecified atom stereocenters. The molecule has 1 aromatic carbocycles. The molecule has 2 aromatic rings. The molecular formula is C15H17FN2O. The maximum Gasteiger partial charge on any atom is 0.125 e. The van der Waals surface area contributed by atoms with Gasteiger partial charge in [-0.05, 0) is 37.2 Å². The molecule has 19 heavy (non-hydrogen) atoms. The van der Waals surface area contributed by atoms with Gasteiger partial charge in [0.25, 0.3) is 0 Å². The molecule has 1 N–H and O–H groups in total. The zero-order valence-electron chi connectivity index (χ0n) is 10.9. The monoisotopic (exact) mass is 260 g/mol. The van der Waals surface area contributed by atoms with E-state index in [0.29, 0.717) is 6.54 Å². The van der Waals surface area contributed by atoms with Crippen LogP contribution >= 0.6 is 0 Å². The molecule has 0 saturated heterocycles. The van der Waals surface area contributed by atoms with Crippen molar-refractivity contribution < 1.29 is 8.81 Å². The number of anilines is 1. The highest BCUT2D eigenvalue weighted by Crippen LogP contribution is 2.30. The maximum absolute atomic E-state index is 13.3. The summed E-state index contributed by atoms with van der Waals surface area (Å²) < 4.78 is 18.9. The Balaban J connectivity index is 1.76. The van der Waals surface area contributed by atoms with Gasteiger partial charge in [-0.15, -0.1) is 0 Å². The maximum atomic E-state index is 13.3. The van der Waals surface area contributed by atoms with Crippen LogP contribution in [-0.4, -0.2) is 13.6 Å². The van der Waals surface area contributed by atoms with Crippen LogP contribution in [0.25, 0.3) is 0 Å². The Morgan fingerprint density at radius 3 is 3.11 bits per heavy atom. The summed E-state index contributed by atoms with van der Waals surface area (Å²) in [5.74, 6) is 0.739. The van der Waals surface area contributed by atoms with E-state index >= 15 is 0 Å². The molecule has 1 aromatic heterocycles. The van der Waals surface area contributed by atoms with Gasteiger partial charge in [0, 0.05) is 24.3 Å². The topological polar surface area (TPSA) is 28.4 Å². The van der Waals surface area contributed by atoms with Gasteiger partial charge in [0.05, 0.1) is 12.8 Å². The summed E-state index contributed by atoms with van der Waals surface area (Å²) in [6.07, 6.45) is 2.74. The van der Waals surface area contributed by atoms with Gasteiger partial charge in [-0.1, -0.05) is 6.07 Å². The Bertz CT molecular complexity index is 579. The molecule has 0 radical (unpaired) electrons. The first-order valence-electron chi connectivity index (χ1n) is 6.50. The fraction of sp³-hybridized carbons (Fsp3) is 0.333. The second-order valence-electron chi connectivity index (χ2n) is 4.90. The largest absolute Gasteiger partial charge is 0.467 e. The molecular weight excluding hydrogens is 243 g/mol. The summed E-state index contributed by atoms with van der Waals surface area (Å²) in [5.41, 5.74) is 3.34. The van der Waals surface area contributed by atoms with Crippen molar-refractivity contribution in [1.29, 1.82) is 0 Å². The summed E-state index contributed by atoms with van der Waals surface area (Å²) in [7, 11) is 1.91. The summed E-state index contributed by atoms with van der Waals surface area (Å²) in [5, 5.41) is 3.09. The molecule has 0 saturated carbocycles. The van der Waals surface area contributed by atoms with Crippen molar-refractivity contribution in [2.75, 3.05) is 18.5 Å². The molecule has 0 bridgehead atoms. The van der Waals surface area contributed by atoms with E-state index in [0.717, 1.165) is 36.5 Å². The minimum Gasteiger partial charge on any atom is -0.467 e. The van der Waals surface area contributed by atoms with Crippen LogP contribution in [0.3, 0.4) is 0 Å². The van der Waals surface area contributed by atoms with E-state index in [2.05, 4.69) is 10.2 Å². The quantitative estimate of drug-likeness (QED) is 0.916. The Labute approximate surface area is 112 Å². The van der Waals surface area contributed by atoms with E-state index in [1.165, 1.54) is 11.6 Å². The van der Waals surface area contributed by atoms with Crippen molar-refractivity contribution in [3.8, 4) is 0 Å². The number of halogens is 1. The Kier molecular flexibility index (Phi) is 3.25. The van der Waals surface area contributed by atoms with Gasteiger partial charge >= 0.3 is 0 Å². The Morgan fingerprint density at radius 2 is 2.26 bits per heavy atom. The van der Waals surface area contributed by atoms with Crippen molar-refractivity contribution in [3.05, 3.63) is 53.2 Å². The molecule has 100 valence electrons. The lowest BCUT2D eigenvalue weighted by molar-refractivity contribution is 0.502. The van der Waals surface area contributed by atoms with Crippen molar-refractivity contribution >= 4 is 5.69 Å². The number of benzene rings is 1. The molecule has 4 heteroatoms. The SMILES string of the molecule is CNCc1coc(CN2CCc3ccc(F)cc32)c1. The Morgan fingerprint density at radius 1 is 1.37 bits per heavy atom. The van der Waals surface area contributed by atoms with Crippen LogP contribution in [-0.2, 0) is 19.5 Å². The fourth-order valence-corrected chi connectivity index (χ4v) is 2.58. The van der Waals surface area contributed by atoms with Crippen molar-refractivity contribution in [1.82, 2.24) is 5.32 Å². The second-order valence-corrected chi connectivity index (χ2v) is 4.90. The average molecular weight is 260 g/mol. The van der Waals surface area contributed by atoms with E-state index in [9.17, 15) is 4.39 Å². The van der Waals surface area contributed by atoms with Gasteiger partial charge in [0.2, 0.25) is 0 Å². The van der Waals surface area contributed by atoms with E-state index in [4.69, 9.17) is 4.42 Å². The number of hydrogen-bond acceptors (Lipinski definition) is 3. The molecule has 3 nitrogen and oxygen atoms in total. The minimum absolute atomic E-state index is 0.180. The second kappa shape index (κ2) is 5.05. The predicted molar refractivity (Wildman–Crippen MR) is 72.6 cm³/mol. The van der Waals surface area contributed by atoms with E-state index in [1.807, 2.05) is 19.2 Å². The van der Waals surface area contributed by atoms with Gasteiger partial charge < -0.3 is 14.6 Å². The molecule has 0 fully saturated rings. The molecule has 0 atom stereocenters. The highest BCUT2D eigenvalue weighted by atomic mass is 19.1. The van der Waals surface area contributed by atoms with Crippen LogP contribution in [0, 0.1) is 5.82 Å². The number of fused-ring (bicyclic) bond motifs is 1. The van der Waals surface area contributed by atoms with Crippen molar-refractivity contribution in [2.24, 2.45) is 0 Å². The lowest BCUT2D eigenvalue weighted by Gasteiger charge is -2.17. The number of rotatable bonds is 4. The van der Waals surface area contributed by atoms with Crippen LogP contribution in [0.15, 0.2) is 34.9 Å². The molecule has 1 aliphatic rings. The van der Waals surface area contributed by atoms with Gasteiger partial charge in [0.1, 0.15) is 11.6 Å². The molecule has 2 heterocycles. The molecule has 1 aliphatic heterocycles. The summed E-state index contributed by atoms with van der Waals surface area (Å²) in [6, 6.07) is 7.06. The molecule has 3 rings (SSSR count). The van der Waals surface area contributed by atoms with Crippen LogP contribution in [0.4, 0.5) is 10.1 Å². The zero-order valence-corrected chi connectivity index (χ0v) is 10.9. The third-order valence-corrected chi connectivity index (χ3v) is 3.47. The first-order chi connectivity index (χ1) is 9.26. The summed E-state index contributed by atoms with van der Waals surface area (Å²) in [4.78, 5) is 2.17. The van der Waals surface area contributed by atoms with Crippen molar-refractivity contribution in [2.45, 2.75) is 19.5 Å². The first kappa shape index (κ1) is 12.2. The van der Waals surface area contributed by atoms with Crippen molar-refractivity contribution in [3.63, 3.8) is 0 Å². The lowest BCUT2D eigenvalue weighted by Crippen LogP contribution is -2.19. The molecule has 0 aliphatic carbocycles. The standard InChI is InChI=1S/C15H17FN2O/c1-17-8-11-6-14(19-10-11)9-18-5-4-12-2-3-13(16)7-15(12)18/h2-3,6-7,10,17H,4-5,8-9H2,1H3. The van der Waals surface area contributed by atoms with Gasteiger partial charge in [-0.2, -0.15) is 0 Å². The van der Waals surface area contributed by atoms with E-state index < -0.39 is 0 Å². The normalized spacial score (nSPS) is 13.9.